The van der Waals surface area contributed by atoms with Crippen molar-refractivity contribution in [2.24, 2.45) is 0 Å². The van der Waals surface area contributed by atoms with Crippen LogP contribution in [-0.4, -0.2) is 47.4 Å². The molecule has 4 rings (SSSR count). The monoisotopic (exact) mass is 494 g/mol. The summed E-state index contributed by atoms with van der Waals surface area (Å²) < 4.78 is 19.9. The molecule has 3 aromatic rings. The number of thiophene rings is 1. The lowest BCUT2D eigenvalue weighted by molar-refractivity contribution is -0.136. The first-order chi connectivity index (χ1) is 16.9. The Morgan fingerprint density at radius 1 is 1.20 bits per heavy atom. The van der Waals surface area contributed by atoms with Crippen molar-refractivity contribution < 1.29 is 18.7 Å². The maximum Gasteiger partial charge on any atom is 0.254 e. The molecule has 0 unspecified atom stereocenters. The lowest BCUT2D eigenvalue weighted by atomic mass is 10.00. The second-order valence-electron chi connectivity index (χ2n) is 8.98. The average molecular weight is 495 g/mol. The number of amides is 2. The smallest absolute Gasteiger partial charge is 0.254 e. The highest BCUT2D eigenvalue weighted by atomic mass is 32.1. The van der Waals surface area contributed by atoms with Crippen molar-refractivity contribution in [3.63, 3.8) is 0 Å². The van der Waals surface area contributed by atoms with Gasteiger partial charge in [0.2, 0.25) is 5.91 Å². The van der Waals surface area contributed by atoms with Gasteiger partial charge in [0.25, 0.3) is 5.91 Å². The maximum atomic E-state index is 13.8. The minimum absolute atomic E-state index is 0.0646. The van der Waals surface area contributed by atoms with E-state index in [9.17, 15) is 14.0 Å². The van der Waals surface area contributed by atoms with Gasteiger partial charge >= 0.3 is 0 Å². The standard InChI is InChI=1S/C28H31FN2O3S/c1-4-20(3)31(28(33)21-6-5-7-22(29)16-21)17-27(32)30-14-12-26-24(13-15-35-26)25(30)18-34-23-10-8-19(2)9-11-23/h5-11,13,15-16,20,25H,4,12,14,17-18H2,1-3H3/t20-,25-/m1/s1. The molecule has 184 valence electrons. The highest BCUT2D eigenvalue weighted by Crippen LogP contribution is 2.34. The van der Waals surface area contributed by atoms with Crippen molar-refractivity contribution in [1.82, 2.24) is 9.80 Å². The third kappa shape index (κ3) is 5.73. The van der Waals surface area contributed by atoms with Crippen molar-refractivity contribution in [2.45, 2.75) is 45.7 Å². The normalized spacial score (nSPS) is 15.9. The van der Waals surface area contributed by atoms with E-state index in [1.165, 1.54) is 23.1 Å². The molecule has 0 bridgehead atoms. The Balaban J connectivity index is 1.54. The van der Waals surface area contributed by atoms with Crippen molar-refractivity contribution in [1.29, 1.82) is 0 Å². The summed E-state index contributed by atoms with van der Waals surface area (Å²) in [6, 6.07) is 15.1. The molecule has 1 aliphatic rings. The van der Waals surface area contributed by atoms with Crippen LogP contribution in [0.2, 0.25) is 0 Å². The highest BCUT2D eigenvalue weighted by molar-refractivity contribution is 7.10. The molecular weight excluding hydrogens is 463 g/mol. The molecule has 7 heteroatoms. The fourth-order valence-electron chi connectivity index (χ4n) is 4.36. The Labute approximate surface area is 210 Å². The van der Waals surface area contributed by atoms with Crippen LogP contribution in [-0.2, 0) is 11.2 Å². The Morgan fingerprint density at radius 3 is 2.69 bits per heavy atom. The molecule has 0 N–H and O–H groups in total. The minimum Gasteiger partial charge on any atom is -0.491 e. The Kier molecular flexibility index (Phi) is 7.86. The van der Waals surface area contributed by atoms with Crippen LogP contribution >= 0.6 is 11.3 Å². The summed E-state index contributed by atoms with van der Waals surface area (Å²) in [4.78, 5) is 31.5. The minimum atomic E-state index is -0.472. The second-order valence-corrected chi connectivity index (χ2v) is 9.98. The number of hydrogen-bond donors (Lipinski definition) is 0. The number of benzene rings is 2. The fraction of sp³-hybridized carbons (Fsp3) is 0.357. The largest absolute Gasteiger partial charge is 0.491 e. The predicted molar refractivity (Wildman–Crippen MR) is 136 cm³/mol. The van der Waals surface area contributed by atoms with Crippen LogP contribution in [0.1, 0.15) is 52.7 Å². The number of halogens is 1. The summed E-state index contributed by atoms with van der Waals surface area (Å²) in [6.07, 6.45) is 1.46. The summed E-state index contributed by atoms with van der Waals surface area (Å²) in [5, 5.41) is 2.05. The number of hydrogen-bond acceptors (Lipinski definition) is 4. The molecule has 2 amide bonds. The van der Waals surface area contributed by atoms with E-state index in [0.717, 1.165) is 23.3 Å². The Bertz CT molecular complexity index is 1180. The fourth-order valence-corrected chi connectivity index (χ4v) is 5.28. The van der Waals surface area contributed by atoms with Crippen LogP contribution in [0.4, 0.5) is 4.39 Å². The van der Waals surface area contributed by atoms with Gasteiger partial charge in [0, 0.05) is 23.0 Å². The molecule has 1 aromatic heterocycles. The number of carbonyl (C=O) groups excluding carboxylic acids is 2. The van der Waals surface area contributed by atoms with Crippen LogP contribution < -0.4 is 4.74 Å². The van der Waals surface area contributed by atoms with Gasteiger partial charge in [-0.05, 0) is 74.0 Å². The third-order valence-corrected chi connectivity index (χ3v) is 7.60. The predicted octanol–water partition coefficient (Wildman–Crippen LogP) is 5.64. The van der Waals surface area contributed by atoms with E-state index < -0.39 is 5.82 Å². The quantitative estimate of drug-likeness (QED) is 0.407. The van der Waals surface area contributed by atoms with Crippen molar-refractivity contribution >= 4 is 23.2 Å². The molecule has 35 heavy (non-hydrogen) atoms. The van der Waals surface area contributed by atoms with E-state index >= 15 is 0 Å². The molecule has 0 fully saturated rings. The number of ether oxygens (including phenoxy) is 1. The summed E-state index contributed by atoms with van der Waals surface area (Å²) in [6.45, 7) is 6.74. The zero-order valence-corrected chi connectivity index (χ0v) is 21.2. The van der Waals surface area contributed by atoms with Crippen molar-refractivity contribution in [2.75, 3.05) is 19.7 Å². The highest BCUT2D eigenvalue weighted by Gasteiger charge is 2.34. The average Bonchev–Trinajstić information content (AvgIpc) is 3.35. The van der Waals surface area contributed by atoms with Crippen LogP contribution in [0.25, 0.3) is 0 Å². The molecule has 2 heterocycles. The lowest BCUT2D eigenvalue weighted by Crippen LogP contribution is -2.49. The summed E-state index contributed by atoms with van der Waals surface area (Å²) >= 11 is 1.70. The summed E-state index contributed by atoms with van der Waals surface area (Å²) in [7, 11) is 0. The van der Waals surface area contributed by atoms with E-state index in [1.54, 1.807) is 22.3 Å². The van der Waals surface area contributed by atoms with E-state index in [2.05, 4.69) is 11.4 Å². The third-order valence-electron chi connectivity index (χ3n) is 6.60. The van der Waals surface area contributed by atoms with Crippen molar-refractivity contribution in [3.05, 3.63) is 87.4 Å². The number of aryl methyl sites for hydroxylation is 1. The first kappa shape index (κ1) is 24.9. The SMILES string of the molecule is CC[C@@H](C)N(CC(=O)N1CCc2sccc2[C@H]1COc1ccc(C)cc1)C(=O)c1cccc(F)c1. The first-order valence-electron chi connectivity index (χ1n) is 12.0. The first-order valence-corrected chi connectivity index (χ1v) is 12.9. The van der Waals surface area contributed by atoms with Gasteiger partial charge in [-0.3, -0.25) is 9.59 Å². The Hall–Kier alpha value is -3.19. The van der Waals surface area contributed by atoms with Gasteiger partial charge in [-0.2, -0.15) is 0 Å². The topological polar surface area (TPSA) is 49.9 Å². The zero-order chi connectivity index (χ0) is 24.9. The molecule has 0 aliphatic carbocycles. The summed E-state index contributed by atoms with van der Waals surface area (Å²) in [5.41, 5.74) is 2.50. The number of carbonyl (C=O) groups is 2. The molecule has 5 nitrogen and oxygen atoms in total. The molecule has 0 saturated heterocycles. The van der Waals surface area contributed by atoms with Gasteiger partial charge in [-0.15, -0.1) is 11.3 Å². The molecule has 0 saturated carbocycles. The number of fused-ring (bicyclic) bond motifs is 1. The lowest BCUT2D eigenvalue weighted by Gasteiger charge is -2.38. The van der Waals surface area contributed by atoms with Gasteiger partial charge in [0.1, 0.15) is 24.7 Å². The molecule has 2 atom stereocenters. The van der Waals surface area contributed by atoms with Gasteiger partial charge in [-0.1, -0.05) is 30.7 Å². The number of nitrogens with zero attached hydrogens (tertiary/aromatic N) is 2. The summed E-state index contributed by atoms with van der Waals surface area (Å²) in [5.74, 6) is -0.189. The zero-order valence-electron chi connectivity index (χ0n) is 20.4. The molecule has 0 spiro atoms. The molecular formula is C28H31FN2O3S. The van der Waals surface area contributed by atoms with Gasteiger partial charge in [0.15, 0.2) is 0 Å². The molecule has 2 aromatic carbocycles. The number of rotatable bonds is 8. The van der Waals surface area contributed by atoms with Crippen LogP contribution in [0, 0.1) is 12.7 Å². The second kappa shape index (κ2) is 11.0. The maximum absolute atomic E-state index is 13.8. The van der Waals surface area contributed by atoms with Crippen LogP contribution in [0.15, 0.2) is 60.0 Å². The van der Waals surface area contributed by atoms with Gasteiger partial charge < -0.3 is 14.5 Å². The van der Waals surface area contributed by atoms with Gasteiger partial charge in [0.05, 0.1) is 6.04 Å². The van der Waals surface area contributed by atoms with Gasteiger partial charge in [-0.25, -0.2) is 4.39 Å². The van der Waals surface area contributed by atoms with E-state index in [-0.39, 0.29) is 36.0 Å². The Morgan fingerprint density at radius 2 is 1.97 bits per heavy atom. The van der Waals surface area contributed by atoms with Crippen LogP contribution in [0.3, 0.4) is 0 Å². The molecule has 1 aliphatic heterocycles. The van der Waals surface area contributed by atoms with E-state index in [0.29, 0.717) is 19.6 Å². The molecule has 0 radical (unpaired) electrons. The van der Waals surface area contributed by atoms with Crippen LogP contribution in [0.5, 0.6) is 5.75 Å². The van der Waals surface area contributed by atoms with E-state index in [4.69, 9.17) is 4.74 Å². The van der Waals surface area contributed by atoms with Crippen molar-refractivity contribution in [3.8, 4) is 5.75 Å². The van der Waals surface area contributed by atoms with E-state index in [1.807, 2.05) is 49.9 Å².